The van der Waals surface area contributed by atoms with Gasteiger partial charge in [0.25, 0.3) is 5.91 Å². The molecule has 0 bridgehead atoms. The molecule has 186 valence electrons. The molecule has 0 heterocycles. The monoisotopic (exact) mass is 501 g/mol. The van der Waals surface area contributed by atoms with E-state index in [0.717, 1.165) is 26.1 Å². The smallest absolute Gasteiger partial charge is 0.346 e. The number of amides is 1. The van der Waals surface area contributed by atoms with Crippen molar-refractivity contribution < 1.29 is 75.0 Å². The third-order valence-corrected chi connectivity index (χ3v) is 3.44. The zero-order chi connectivity index (χ0) is 25.9. The lowest BCUT2D eigenvalue weighted by atomic mass is 9.89. The van der Waals surface area contributed by atoms with E-state index in [1.807, 2.05) is 0 Å². The molecule has 2 nitrogen and oxygen atoms in total. The Bertz CT molecular complexity index is 677. The van der Waals surface area contributed by atoms with Crippen LogP contribution in [0.2, 0.25) is 0 Å². The molecular weight excluding hydrogens is 490 g/mol. The van der Waals surface area contributed by atoms with Crippen LogP contribution in [0.3, 0.4) is 0 Å². The molecule has 0 saturated carbocycles. The third-order valence-electron chi connectivity index (χ3n) is 3.44. The van der Waals surface area contributed by atoms with Gasteiger partial charge in [0.15, 0.2) is 0 Å². The highest BCUT2D eigenvalue weighted by Crippen LogP contribution is 2.62. The van der Waals surface area contributed by atoms with Gasteiger partial charge in [-0.1, -0.05) is 0 Å². The van der Waals surface area contributed by atoms with E-state index < -0.39 is 59.3 Å². The zero-order valence-electron chi connectivity index (χ0n) is 15.0. The number of hydrogen-bond acceptors (Lipinski definition) is 1. The third kappa shape index (κ3) is 4.09. The van der Waals surface area contributed by atoms with Crippen molar-refractivity contribution in [2.75, 3.05) is 0 Å². The van der Waals surface area contributed by atoms with E-state index in [-0.39, 0.29) is 0 Å². The number of rotatable bonds is 8. The van der Waals surface area contributed by atoms with Crippen LogP contribution >= 0.6 is 0 Å². The first-order valence-electron chi connectivity index (χ1n) is 7.32. The minimum absolute atomic E-state index is 0.771. The van der Waals surface area contributed by atoms with Gasteiger partial charge in [-0.15, -0.1) is 0 Å². The van der Waals surface area contributed by atoms with E-state index in [1.54, 1.807) is 0 Å². The van der Waals surface area contributed by atoms with Crippen LogP contribution < -0.4 is 5.32 Å². The molecular formula is C13H11F16NO. The molecule has 0 saturated heterocycles. The molecule has 0 spiro atoms. The molecule has 0 aliphatic carbocycles. The molecule has 0 radical (unpaired) electrons. The molecule has 0 aliphatic rings. The Morgan fingerprint density at radius 1 is 0.581 bits per heavy atom. The first kappa shape index (κ1) is 29.3. The van der Waals surface area contributed by atoms with Crippen molar-refractivity contribution >= 4 is 5.91 Å². The number of nitrogens with one attached hydrogen (secondary N) is 1. The number of alkyl halides is 16. The Morgan fingerprint density at radius 2 is 0.871 bits per heavy atom. The lowest BCUT2D eigenvalue weighted by molar-refractivity contribution is -0.443. The molecule has 0 rings (SSSR count). The van der Waals surface area contributed by atoms with Crippen molar-refractivity contribution in [1.82, 2.24) is 5.32 Å². The summed E-state index contributed by atoms with van der Waals surface area (Å²) in [4.78, 5) is 11.1. The van der Waals surface area contributed by atoms with Crippen LogP contribution in [0.1, 0.15) is 20.8 Å². The standard InChI is InChI=1S/C13H11F16NO/c1-6(2,3)30-5(31)8(18,19)10(22,23)12(26,27)13(28,29)11(24,25)9(20,21)7(16,17)4(14)15/h4H,1-3H3,(H,30,31). The highest BCUT2D eigenvalue weighted by Gasteiger charge is 2.94. The SMILES string of the molecule is CC(C)(C)NC(=O)C(F)(F)C(F)(F)C(F)(F)C(F)(F)C(F)(F)C(F)(F)C(F)(F)C(F)F. The lowest BCUT2D eigenvalue weighted by Crippen LogP contribution is -2.75. The van der Waals surface area contributed by atoms with Crippen molar-refractivity contribution in [3.63, 3.8) is 0 Å². The van der Waals surface area contributed by atoms with Crippen LogP contribution in [-0.4, -0.2) is 59.3 Å². The molecule has 0 atom stereocenters. The van der Waals surface area contributed by atoms with Crippen LogP contribution in [0.5, 0.6) is 0 Å². The molecule has 0 aliphatic heterocycles. The summed E-state index contributed by atoms with van der Waals surface area (Å²) in [5.41, 5.74) is -1.94. The van der Waals surface area contributed by atoms with E-state index in [1.165, 1.54) is 0 Å². The maximum absolute atomic E-state index is 13.5. The van der Waals surface area contributed by atoms with Crippen LogP contribution in [-0.2, 0) is 4.79 Å². The van der Waals surface area contributed by atoms with Gasteiger partial charge in [-0.25, -0.2) is 8.78 Å². The molecule has 0 aromatic carbocycles. The number of halogens is 16. The van der Waals surface area contributed by atoms with Crippen molar-refractivity contribution in [1.29, 1.82) is 0 Å². The zero-order valence-corrected chi connectivity index (χ0v) is 15.0. The average molecular weight is 501 g/mol. The summed E-state index contributed by atoms with van der Waals surface area (Å²) in [6, 6.07) is 0. The average Bonchev–Trinajstić information content (AvgIpc) is 2.51. The number of hydrogen-bond donors (Lipinski definition) is 1. The lowest BCUT2D eigenvalue weighted by Gasteiger charge is -2.42. The largest absolute Gasteiger partial charge is 0.392 e. The van der Waals surface area contributed by atoms with Gasteiger partial charge in [0, 0.05) is 5.54 Å². The van der Waals surface area contributed by atoms with Gasteiger partial charge in [-0.05, 0) is 20.8 Å². The van der Waals surface area contributed by atoms with Crippen molar-refractivity contribution in [2.24, 2.45) is 0 Å². The van der Waals surface area contributed by atoms with Gasteiger partial charge in [0.1, 0.15) is 0 Å². The Labute approximate surface area is 161 Å². The first-order chi connectivity index (χ1) is 13.1. The fourth-order valence-corrected chi connectivity index (χ4v) is 1.70. The number of carbonyl (C=O) groups is 1. The van der Waals surface area contributed by atoms with Crippen LogP contribution in [0.4, 0.5) is 70.2 Å². The molecule has 0 fully saturated rings. The van der Waals surface area contributed by atoms with Crippen molar-refractivity contribution in [3.8, 4) is 0 Å². The number of carbonyl (C=O) groups excluding carboxylic acids is 1. The molecule has 31 heavy (non-hydrogen) atoms. The molecule has 0 unspecified atom stereocenters. The molecule has 0 aromatic heterocycles. The Hall–Kier alpha value is -1.65. The topological polar surface area (TPSA) is 29.1 Å². The maximum atomic E-state index is 13.5. The Morgan fingerprint density at radius 3 is 1.16 bits per heavy atom. The van der Waals surface area contributed by atoms with Crippen LogP contribution in [0, 0.1) is 0 Å². The molecule has 18 heteroatoms. The summed E-state index contributed by atoms with van der Waals surface area (Å²) in [6.45, 7) is 2.31. The predicted molar refractivity (Wildman–Crippen MR) is 68.5 cm³/mol. The Balaban J connectivity index is 6.66. The second-order valence-electron chi connectivity index (χ2n) is 7.07. The van der Waals surface area contributed by atoms with E-state index >= 15 is 0 Å². The van der Waals surface area contributed by atoms with Gasteiger partial charge in [0.2, 0.25) is 0 Å². The fourth-order valence-electron chi connectivity index (χ4n) is 1.70. The summed E-state index contributed by atoms with van der Waals surface area (Å²) in [7, 11) is 0. The normalized spacial score (nSPS) is 16.0. The summed E-state index contributed by atoms with van der Waals surface area (Å²) in [5, 5.41) is 0.895. The molecule has 0 aromatic rings. The highest BCUT2D eigenvalue weighted by atomic mass is 19.4. The molecule has 1 N–H and O–H groups in total. The summed E-state index contributed by atoms with van der Waals surface area (Å²) >= 11 is 0. The minimum Gasteiger partial charge on any atom is -0.346 e. The van der Waals surface area contributed by atoms with E-state index in [2.05, 4.69) is 0 Å². The van der Waals surface area contributed by atoms with Crippen molar-refractivity contribution in [3.05, 3.63) is 0 Å². The summed E-state index contributed by atoms with van der Waals surface area (Å²) in [6.07, 6.45) is -5.91. The quantitative estimate of drug-likeness (QED) is 0.431. The van der Waals surface area contributed by atoms with Crippen LogP contribution in [0.15, 0.2) is 0 Å². The van der Waals surface area contributed by atoms with Gasteiger partial charge in [-0.2, -0.15) is 61.5 Å². The van der Waals surface area contributed by atoms with Gasteiger partial charge >= 0.3 is 47.9 Å². The van der Waals surface area contributed by atoms with Gasteiger partial charge < -0.3 is 5.32 Å². The van der Waals surface area contributed by atoms with E-state index in [9.17, 15) is 75.0 Å². The van der Waals surface area contributed by atoms with Gasteiger partial charge in [-0.3, -0.25) is 4.79 Å². The predicted octanol–water partition coefficient (Wildman–Crippen LogP) is 5.61. The van der Waals surface area contributed by atoms with E-state index in [4.69, 9.17) is 0 Å². The summed E-state index contributed by atoms with van der Waals surface area (Å²) < 4.78 is 209. The van der Waals surface area contributed by atoms with E-state index in [0.29, 0.717) is 0 Å². The second kappa shape index (κ2) is 7.45. The second-order valence-corrected chi connectivity index (χ2v) is 7.07. The van der Waals surface area contributed by atoms with Gasteiger partial charge in [0.05, 0.1) is 0 Å². The van der Waals surface area contributed by atoms with Crippen LogP contribution in [0.25, 0.3) is 0 Å². The first-order valence-corrected chi connectivity index (χ1v) is 7.32. The highest BCUT2D eigenvalue weighted by molar-refractivity contribution is 5.85. The van der Waals surface area contributed by atoms with Crippen molar-refractivity contribution in [2.45, 2.75) is 74.2 Å². The maximum Gasteiger partial charge on any atom is 0.392 e. The Kier molecular flexibility index (Phi) is 7.05. The molecule has 1 amide bonds. The summed E-state index contributed by atoms with van der Waals surface area (Å²) in [5.74, 6) is -59.4. The minimum atomic E-state index is -8.52. The fraction of sp³-hybridized carbons (Fsp3) is 0.923.